The van der Waals surface area contributed by atoms with Gasteiger partial charge in [-0.3, -0.25) is 14.3 Å². The summed E-state index contributed by atoms with van der Waals surface area (Å²) in [5, 5.41) is 8.40. The summed E-state index contributed by atoms with van der Waals surface area (Å²) >= 11 is 0. The molecular weight excluding hydrogens is 364 g/mol. The van der Waals surface area contributed by atoms with Gasteiger partial charge in [0, 0.05) is 29.4 Å². The van der Waals surface area contributed by atoms with E-state index in [1.807, 2.05) is 29.1 Å². The molecule has 1 aromatic carbocycles. The summed E-state index contributed by atoms with van der Waals surface area (Å²) in [5.41, 5.74) is 1.58. The van der Waals surface area contributed by atoms with Gasteiger partial charge in [0.15, 0.2) is 0 Å². The first-order valence-corrected chi connectivity index (χ1v) is 10.5. The molecule has 0 aliphatic heterocycles. The number of anilines is 1. The fraction of sp³-hybridized carbons (Fsp3) is 0.435. The minimum Gasteiger partial charge on any atom is -0.317 e. The van der Waals surface area contributed by atoms with Crippen molar-refractivity contribution in [3.05, 3.63) is 58.6 Å². The van der Waals surface area contributed by atoms with Crippen molar-refractivity contribution in [2.24, 2.45) is 5.92 Å². The highest BCUT2D eigenvalue weighted by atomic mass is 16.2. The van der Waals surface area contributed by atoms with Crippen molar-refractivity contribution >= 4 is 22.5 Å². The van der Waals surface area contributed by atoms with Crippen molar-refractivity contribution in [1.82, 2.24) is 14.3 Å². The molecule has 1 fully saturated rings. The molecule has 0 radical (unpaired) electrons. The molecule has 1 aliphatic rings. The fourth-order valence-corrected chi connectivity index (χ4v) is 3.98. The van der Waals surface area contributed by atoms with Crippen LogP contribution in [-0.4, -0.2) is 20.3 Å². The molecular formula is C23H28N4O2. The molecule has 1 aliphatic carbocycles. The maximum atomic E-state index is 12.8. The molecule has 152 valence electrons. The fourth-order valence-electron chi connectivity index (χ4n) is 3.98. The van der Waals surface area contributed by atoms with E-state index in [1.165, 1.54) is 0 Å². The lowest BCUT2D eigenvalue weighted by Crippen LogP contribution is -2.25. The highest BCUT2D eigenvalue weighted by Gasteiger charge is 2.35. The molecule has 1 amide bonds. The molecule has 29 heavy (non-hydrogen) atoms. The number of aromatic nitrogens is 3. The Labute approximate surface area is 170 Å². The average Bonchev–Trinajstić information content (AvgIpc) is 3.28. The second-order valence-corrected chi connectivity index (χ2v) is 8.10. The van der Waals surface area contributed by atoms with Crippen molar-refractivity contribution in [3.63, 3.8) is 0 Å². The van der Waals surface area contributed by atoms with Gasteiger partial charge in [-0.1, -0.05) is 27.2 Å². The lowest BCUT2D eigenvalue weighted by atomic mass is 10.1. The van der Waals surface area contributed by atoms with Gasteiger partial charge in [-0.05, 0) is 55.5 Å². The number of rotatable bonds is 7. The van der Waals surface area contributed by atoms with Crippen LogP contribution in [0.25, 0.3) is 10.9 Å². The zero-order valence-corrected chi connectivity index (χ0v) is 17.3. The number of carbonyl (C=O) groups excluding carboxylic acids is 1. The topological polar surface area (TPSA) is 68.9 Å². The van der Waals surface area contributed by atoms with Crippen LogP contribution in [0, 0.1) is 5.92 Å². The molecule has 0 saturated heterocycles. The van der Waals surface area contributed by atoms with E-state index in [9.17, 15) is 9.59 Å². The number of pyridine rings is 1. The van der Waals surface area contributed by atoms with E-state index in [4.69, 9.17) is 0 Å². The first-order chi connectivity index (χ1) is 14.0. The summed E-state index contributed by atoms with van der Waals surface area (Å²) in [6.45, 7) is 6.47. The quantitative estimate of drug-likeness (QED) is 0.629. The number of nitrogens with one attached hydrogen (secondary N) is 1. The monoisotopic (exact) mass is 392 g/mol. The SMILES string of the molecule is CCCC(CC)n1cc2cc(C(=O)Nc3cccn([C@@H]4C[C@@H]4C)c3=O)ccc2n1. The number of hydrogen-bond acceptors (Lipinski definition) is 3. The maximum absolute atomic E-state index is 12.8. The van der Waals surface area contributed by atoms with Gasteiger partial charge < -0.3 is 9.88 Å². The van der Waals surface area contributed by atoms with Crippen LogP contribution in [0.4, 0.5) is 5.69 Å². The molecule has 1 unspecified atom stereocenters. The largest absolute Gasteiger partial charge is 0.317 e. The normalized spacial score (nSPS) is 19.3. The minimum atomic E-state index is -0.279. The van der Waals surface area contributed by atoms with Gasteiger partial charge in [0.05, 0.1) is 11.6 Å². The van der Waals surface area contributed by atoms with E-state index in [-0.39, 0.29) is 17.5 Å². The summed E-state index contributed by atoms with van der Waals surface area (Å²) in [5.74, 6) is 0.233. The van der Waals surface area contributed by atoms with Crippen molar-refractivity contribution in [2.45, 2.75) is 58.5 Å². The van der Waals surface area contributed by atoms with Crippen LogP contribution in [-0.2, 0) is 0 Å². The summed E-state index contributed by atoms with van der Waals surface area (Å²) in [4.78, 5) is 25.5. The Morgan fingerprint density at radius 2 is 2.10 bits per heavy atom. The molecule has 0 spiro atoms. The van der Waals surface area contributed by atoms with Gasteiger partial charge >= 0.3 is 0 Å². The lowest BCUT2D eigenvalue weighted by molar-refractivity contribution is 0.102. The number of benzene rings is 1. The standard InChI is InChI=1S/C23H28N4O2/c1-4-7-18(5-2)27-14-17-13-16(9-10-19(17)25-27)22(28)24-20-8-6-11-26(23(20)29)21-12-15(21)3/h6,8-11,13-15,18,21H,4-5,7,12H2,1-3H3,(H,24,28)/t15-,18?,21+/m0/s1. The second kappa shape index (κ2) is 7.85. The van der Waals surface area contributed by atoms with Crippen LogP contribution < -0.4 is 10.9 Å². The molecule has 0 bridgehead atoms. The predicted octanol–water partition coefficient (Wildman–Crippen LogP) is 4.78. The Balaban J connectivity index is 1.57. The molecule has 6 nitrogen and oxygen atoms in total. The maximum Gasteiger partial charge on any atom is 0.274 e. The van der Waals surface area contributed by atoms with Gasteiger partial charge in [0.25, 0.3) is 11.5 Å². The van der Waals surface area contributed by atoms with E-state index >= 15 is 0 Å². The zero-order valence-electron chi connectivity index (χ0n) is 17.3. The van der Waals surface area contributed by atoms with E-state index in [2.05, 4.69) is 31.2 Å². The molecule has 1 N–H and O–H groups in total. The van der Waals surface area contributed by atoms with Gasteiger partial charge in [-0.25, -0.2) is 0 Å². The molecule has 2 aromatic heterocycles. The summed E-state index contributed by atoms with van der Waals surface area (Å²) in [7, 11) is 0. The Morgan fingerprint density at radius 3 is 2.79 bits per heavy atom. The van der Waals surface area contributed by atoms with Crippen molar-refractivity contribution in [3.8, 4) is 0 Å². The first-order valence-electron chi connectivity index (χ1n) is 10.5. The predicted molar refractivity (Wildman–Crippen MR) is 115 cm³/mol. The van der Waals surface area contributed by atoms with Gasteiger partial charge in [0.2, 0.25) is 0 Å². The van der Waals surface area contributed by atoms with Crippen LogP contribution in [0.2, 0.25) is 0 Å². The lowest BCUT2D eigenvalue weighted by Gasteiger charge is -2.13. The van der Waals surface area contributed by atoms with Crippen LogP contribution in [0.5, 0.6) is 0 Å². The highest BCUT2D eigenvalue weighted by molar-refractivity contribution is 6.06. The number of carbonyl (C=O) groups is 1. The van der Waals surface area contributed by atoms with Crippen LogP contribution in [0.3, 0.4) is 0 Å². The molecule has 4 rings (SSSR count). The van der Waals surface area contributed by atoms with Crippen LogP contribution in [0.1, 0.15) is 68.9 Å². The molecule has 2 heterocycles. The Bertz CT molecular complexity index is 1100. The third kappa shape index (κ3) is 3.84. The molecule has 1 saturated carbocycles. The number of hydrogen-bond donors (Lipinski definition) is 1. The number of amides is 1. The van der Waals surface area contributed by atoms with Crippen molar-refractivity contribution in [1.29, 1.82) is 0 Å². The molecule has 3 aromatic rings. The Morgan fingerprint density at radius 1 is 1.31 bits per heavy atom. The van der Waals surface area contributed by atoms with Gasteiger partial charge in [-0.2, -0.15) is 5.10 Å². The van der Waals surface area contributed by atoms with Crippen molar-refractivity contribution < 1.29 is 4.79 Å². The summed E-state index contributed by atoms with van der Waals surface area (Å²) in [6.07, 6.45) is 8.03. The van der Waals surface area contributed by atoms with Gasteiger partial charge in [-0.15, -0.1) is 0 Å². The van der Waals surface area contributed by atoms with Crippen LogP contribution >= 0.6 is 0 Å². The number of nitrogens with zero attached hydrogens (tertiary/aromatic N) is 3. The molecule has 3 atom stereocenters. The van der Waals surface area contributed by atoms with Crippen molar-refractivity contribution in [2.75, 3.05) is 5.32 Å². The first kappa shape index (κ1) is 19.4. The summed E-state index contributed by atoms with van der Waals surface area (Å²) in [6, 6.07) is 9.57. The van der Waals surface area contributed by atoms with E-state index in [1.54, 1.807) is 22.9 Å². The molecule has 6 heteroatoms. The third-order valence-corrected chi connectivity index (χ3v) is 5.90. The van der Waals surface area contributed by atoms with E-state index < -0.39 is 0 Å². The minimum absolute atomic E-state index is 0.144. The zero-order chi connectivity index (χ0) is 20.5. The average molecular weight is 393 g/mol. The summed E-state index contributed by atoms with van der Waals surface area (Å²) < 4.78 is 3.74. The Kier molecular flexibility index (Phi) is 5.26. The van der Waals surface area contributed by atoms with Gasteiger partial charge in [0.1, 0.15) is 5.69 Å². The van der Waals surface area contributed by atoms with E-state index in [0.29, 0.717) is 23.2 Å². The number of fused-ring (bicyclic) bond motifs is 1. The van der Waals surface area contributed by atoms with E-state index in [0.717, 1.165) is 36.6 Å². The van der Waals surface area contributed by atoms with Crippen LogP contribution in [0.15, 0.2) is 47.5 Å². The third-order valence-electron chi connectivity index (χ3n) is 5.90. The second-order valence-electron chi connectivity index (χ2n) is 8.10. The highest BCUT2D eigenvalue weighted by Crippen LogP contribution is 2.41. The smallest absolute Gasteiger partial charge is 0.274 e. The Hall–Kier alpha value is -2.89.